The van der Waals surface area contributed by atoms with Crippen molar-refractivity contribution in [2.75, 3.05) is 20.1 Å². The molecule has 5 nitrogen and oxygen atoms in total. The van der Waals surface area contributed by atoms with Gasteiger partial charge in [0.1, 0.15) is 0 Å². The number of likely N-dealkylation sites (N-methyl/N-ethyl adjacent to an activating group) is 1. The van der Waals surface area contributed by atoms with Crippen LogP contribution in [0.3, 0.4) is 0 Å². The second kappa shape index (κ2) is 8.62. The van der Waals surface area contributed by atoms with Gasteiger partial charge in [0, 0.05) is 30.9 Å². The van der Waals surface area contributed by atoms with E-state index >= 15 is 0 Å². The minimum Gasteiger partial charge on any atom is -0.349 e. The number of carbonyl (C=O) groups is 1. The number of benzene rings is 2. The van der Waals surface area contributed by atoms with Crippen LogP contribution in [-0.2, 0) is 19.4 Å². The fourth-order valence-corrected chi connectivity index (χ4v) is 4.04. The van der Waals surface area contributed by atoms with Crippen molar-refractivity contribution >= 4 is 5.91 Å². The third-order valence-corrected chi connectivity index (χ3v) is 5.56. The van der Waals surface area contributed by atoms with Gasteiger partial charge in [0.05, 0.1) is 5.69 Å². The Balaban J connectivity index is 1.42. The summed E-state index contributed by atoms with van der Waals surface area (Å²) >= 11 is 0. The third kappa shape index (κ3) is 4.25. The molecule has 0 saturated heterocycles. The van der Waals surface area contributed by atoms with Gasteiger partial charge in [-0.15, -0.1) is 0 Å². The summed E-state index contributed by atoms with van der Waals surface area (Å²) in [6.45, 7) is 4.35. The zero-order valence-corrected chi connectivity index (χ0v) is 17.2. The molecule has 3 aromatic rings. The summed E-state index contributed by atoms with van der Waals surface area (Å²) in [5.41, 5.74) is 6.39. The first-order valence-electron chi connectivity index (χ1n) is 10.3. The molecular formula is C24H28N4O. The Morgan fingerprint density at radius 2 is 1.86 bits per heavy atom. The fraction of sp³-hybridized carbons (Fsp3) is 0.333. The second-order valence-corrected chi connectivity index (χ2v) is 7.80. The van der Waals surface area contributed by atoms with Crippen LogP contribution >= 0.6 is 0 Å². The van der Waals surface area contributed by atoms with E-state index in [0.717, 1.165) is 43.6 Å². The number of aromatic nitrogens is 2. The van der Waals surface area contributed by atoms with Gasteiger partial charge in [-0.05, 0) is 50.4 Å². The number of para-hydroxylation sites is 1. The van der Waals surface area contributed by atoms with Crippen molar-refractivity contribution in [1.82, 2.24) is 20.0 Å². The lowest BCUT2D eigenvalue weighted by Gasteiger charge is -2.16. The maximum Gasteiger partial charge on any atom is 0.272 e. The first-order chi connectivity index (χ1) is 14.1. The lowest BCUT2D eigenvalue weighted by atomic mass is 10.2. The Hall–Kier alpha value is -2.92. The van der Waals surface area contributed by atoms with Gasteiger partial charge in [-0.2, -0.15) is 5.10 Å². The molecule has 1 aliphatic carbocycles. The van der Waals surface area contributed by atoms with Crippen molar-refractivity contribution in [2.45, 2.75) is 32.7 Å². The number of hydrogen-bond donors (Lipinski definition) is 1. The molecular weight excluding hydrogens is 360 g/mol. The van der Waals surface area contributed by atoms with E-state index in [9.17, 15) is 4.79 Å². The number of hydrogen-bond acceptors (Lipinski definition) is 3. The van der Waals surface area contributed by atoms with E-state index in [1.165, 1.54) is 16.8 Å². The maximum atomic E-state index is 12.9. The van der Waals surface area contributed by atoms with Gasteiger partial charge < -0.3 is 10.2 Å². The van der Waals surface area contributed by atoms with Gasteiger partial charge in [-0.1, -0.05) is 48.5 Å². The van der Waals surface area contributed by atoms with Crippen molar-refractivity contribution < 1.29 is 4.79 Å². The second-order valence-electron chi connectivity index (χ2n) is 7.80. The molecule has 5 heteroatoms. The Bertz CT molecular complexity index is 993. The topological polar surface area (TPSA) is 50.2 Å². The summed E-state index contributed by atoms with van der Waals surface area (Å²) in [6, 6.07) is 18.6. The number of fused-ring (bicyclic) bond motifs is 1. The molecule has 1 N–H and O–H groups in total. The monoisotopic (exact) mass is 388 g/mol. The molecule has 0 unspecified atom stereocenters. The van der Waals surface area contributed by atoms with E-state index in [0.29, 0.717) is 12.2 Å². The first-order valence-corrected chi connectivity index (χ1v) is 10.3. The van der Waals surface area contributed by atoms with Gasteiger partial charge in [0.15, 0.2) is 5.69 Å². The lowest BCUT2D eigenvalue weighted by molar-refractivity contribution is 0.0943. The number of carbonyl (C=O) groups excluding carboxylic acids is 1. The molecule has 1 aliphatic rings. The summed E-state index contributed by atoms with van der Waals surface area (Å²) in [5, 5.41) is 7.79. The zero-order valence-electron chi connectivity index (χ0n) is 17.2. The maximum absolute atomic E-state index is 12.9. The highest BCUT2D eigenvalue weighted by Crippen LogP contribution is 2.28. The Morgan fingerprint density at radius 1 is 1.10 bits per heavy atom. The first kappa shape index (κ1) is 19.4. The van der Waals surface area contributed by atoms with Crippen LogP contribution in [0.4, 0.5) is 0 Å². The zero-order chi connectivity index (χ0) is 20.2. The van der Waals surface area contributed by atoms with E-state index in [1.807, 2.05) is 22.9 Å². The molecule has 29 heavy (non-hydrogen) atoms. The van der Waals surface area contributed by atoms with Crippen LogP contribution in [0.2, 0.25) is 0 Å². The van der Waals surface area contributed by atoms with Crippen molar-refractivity contribution in [3.05, 3.63) is 82.7 Å². The molecule has 0 saturated carbocycles. The molecule has 1 heterocycles. The highest BCUT2D eigenvalue weighted by atomic mass is 16.2. The molecule has 0 radical (unpaired) electrons. The minimum absolute atomic E-state index is 0.0661. The van der Waals surface area contributed by atoms with Crippen LogP contribution in [0.15, 0.2) is 54.6 Å². The summed E-state index contributed by atoms with van der Waals surface area (Å²) in [5.74, 6) is -0.0661. The summed E-state index contributed by atoms with van der Waals surface area (Å²) in [7, 11) is 2.07. The average molecular weight is 389 g/mol. The quantitative estimate of drug-likeness (QED) is 0.674. The Labute approximate surface area is 172 Å². The highest BCUT2D eigenvalue weighted by Gasteiger charge is 2.27. The molecule has 2 aromatic carbocycles. The molecule has 0 atom stereocenters. The van der Waals surface area contributed by atoms with Gasteiger partial charge in [0.2, 0.25) is 0 Å². The summed E-state index contributed by atoms with van der Waals surface area (Å²) < 4.78 is 1.98. The van der Waals surface area contributed by atoms with Gasteiger partial charge in [0.25, 0.3) is 5.91 Å². The number of aryl methyl sites for hydroxylation is 1. The van der Waals surface area contributed by atoms with Gasteiger partial charge in [-0.25, -0.2) is 4.68 Å². The largest absolute Gasteiger partial charge is 0.349 e. The smallest absolute Gasteiger partial charge is 0.272 e. The SMILES string of the molecule is Cc1ccccc1-n1nc(C(=O)NCCN(C)Cc2ccccc2)c2c1CCC2. The number of nitrogens with one attached hydrogen (secondary N) is 1. The predicted octanol–water partition coefficient (Wildman–Crippen LogP) is 3.53. The molecule has 0 spiro atoms. The van der Waals surface area contributed by atoms with Gasteiger partial charge in [-0.3, -0.25) is 4.79 Å². The number of nitrogens with zero attached hydrogens (tertiary/aromatic N) is 3. The van der Waals surface area contributed by atoms with Crippen LogP contribution in [0, 0.1) is 6.92 Å². The molecule has 150 valence electrons. The van der Waals surface area contributed by atoms with Crippen LogP contribution < -0.4 is 5.32 Å². The molecule has 0 bridgehead atoms. The van der Waals surface area contributed by atoms with Crippen LogP contribution in [0.25, 0.3) is 5.69 Å². The van der Waals surface area contributed by atoms with Gasteiger partial charge >= 0.3 is 0 Å². The molecule has 4 rings (SSSR count). The fourth-order valence-electron chi connectivity index (χ4n) is 4.04. The standard InChI is InChI=1S/C24H28N4O/c1-18-9-6-7-13-21(18)28-22-14-8-12-20(22)23(26-28)24(29)25-15-16-27(2)17-19-10-4-3-5-11-19/h3-7,9-11,13H,8,12,14-17H2,1-2H3,(H,25,29). The number of amides is 1. The molecule has 0 fully saturated rings. The number of rotatable bonds is 7. The average Bonchev–Trinajstić information content (AvgIpc) is 3.32. The minimum atomic E-state index is -0.0661. The normalized spacial score (nSPS) is 12.9. The van der Waals surface area contributed by atoms with Crippen LogP contribution in [-0.4, -0.2) is 40.7 Å². The van der Waals surface area contributed by atoms with Crippen molar-refractivity contribution in [2.24, 2.45) is 0 Å². The third-order valence-electron chi connectivity index (χ3n) is 5.56. The van der Waals surface area contributed by atoms with E-state index in [2.05, 4.69) is 60.6 Å². The van der Waals surface area contributed by atoms with E-state index in [-0.39, 0.29) is 5.91 Å². The van der Waals surface area contributed by atoms with Crippen LogP contribution in [0.1, 0.15) is 39.3 Å². The van der Waals surface area contributed by atoms with E-state index in [1.54, 1.807) is 0 Å². The van der Waals surface area contributed by atoms with Crippen LogP contribution in [0.5, 0.6) is 0 Å². The summed E-state index contributed by atoms with van der Waals surface area (Å²) in [6.07, 6.45) is 2.99. The molecule has 1 amide bonds. The Kier molecular flexibility index (Phi) is 5.76. The molecule has 1 aromatic heterocycles. The van der Waals surface area contributed by atoms with Crippen molar-refractivity contribution in [1.29, 1.82) is 0 Å². The van der Waals surface area contributed by atoms with Crippen molar-refractivity contribution in [3.8, 4) is 5.69 Å². The predicted molar refractivity (Wildman–Crippen MR) is 115 cm³/mol. The van der Waals surface area contributed by atoms with E-state index < -0.39 is 0 Å². The van der Waals surface area contributed by atoms with E-state index in [4.69, 9.17) is 5.10 Å². The summed E-state index contributed by atoms with van der Waals surface area (Å²) in [4.78, 5) is 15.1. The Morgan fingerprint density at radius 3 is 2.66 bits per heavy atom. The highest BCUT2D eigenvalue weighted by molar-refractivity contribution is 5.94. The lowest BCUT2D eigenvalue weighted by Crippen LogP contribution is -2.33. The van der Waals surface area contributed by atoms with Crippen molar-refractivity contribution in [3.63, 3.8) is 0 Å². The molecule has 0 aliphatic heterocycles.